The third-order valence-corrected chi connectivity index (χ3v) is 5.62. The van der Waals surface area contributed by atoms with E-state index in [-0.39, 0.29) is 5.96 Å². The summed E-state index contributed by atoms with van der Waals surface area (Å²) >= 11 is 0. The zero-order chi connectivity index (χ0) is 19.1. The number of H-pyrrole nitrogens is 1. The van der Waals surface area contributed by atoms with Gasteiger partial charge in [0.1, 0.15) is 11.5 Å². The monoisotopic (exact) mass is 373 g/mol. The number of aromatic amines is 1. The molecule has 7 nitrogen and oxygen atoms in total. The number of anilines is 1. The van der Waals surface area contributed by atoms with E-state index in [2.05, 4.69) is 20.9 Å². The Labute approximate surface area is 163 Å². The molecule has 0 bridgehead atoms. The summed E-state index contributed by atoms with van der Waals surface area (Å²) < 4.78 is 0. The van der Waals surface area contributed by atoms with Gasteiger partial charge >= 0.3 is 0 Å². The fourth-order valence-corrected chi connectivity index (χ4v) is 4.38. The fraction of sp³-hybridized carbons (Fsp3) is 0.286. The molecule has 0 saturated heterocycles. The highest BCUT2D eigenvalue weighted by Gasteiger charge is 2.42. The van der Waals surface area contributed by atoms with Crippen LogP contribution in [0.2, 0.25) is 0 Å². The van der Waals surface area contributed by atoms with Crippen LogP contribution in [0.4, 0.5) is 5.69 Å². The van der Waals surface area contributed by atoms with Gasteiger partial charge < -0.3 is 16.5 Å². The normalized spacial score (nSPS) is 18.9. The maximum Gasteiger partial charge on any atom is 0.220 e. The molecule has 1 spiro atoms. The lowest BCUT2D eigenvalue weighted by atomic mass is 9.87. The minimum atomic E-state index is -0.444. The number of nitrogens with one attached hydrogen (secondary N) is 1. The molecule has 142 valence electrons. The SMILES string of the molecule is NC1=NC2(CCCCC2)N(c2cccc(-c3nc4ccccc4[nH]3)c2)C(N)=N1. The number of imidazole rings is 1. The Morgan fingerprint density at radius 2 is 1.79 bits per heavy atom. The van der Waals surface area contributed by atoms with Crippen LogP contribution in [0.25, 0.3) is 22.4 Å². The van der Waals surface area contributed by atoms with Crippen LogP contribution in [0.15, 0.2) is 58.5 Å². The molecule has 2 heterocycles. The molecule has 28 heavy (non-hydrogen) atoms. The van der Waals surface area contributed by atoms with Gasteiger partial charge in [-0.3, -0.25) is 4.90 Å². The molecule has 1 aliphatic carbocycles. The minimum absolute atomic E-state index is 0.268. The molecule has 0 amide bonds. The van der Waals surface area contributed by atoms with Crippen molar-refractivity contribution in [1.29, 1.82) is 0 Å². The number of rotatable bonds is 2. The Morgan fingerprint density at radius 1 is 0.964 bits per heavy atom. The Kier molecular flexibility index (Phi) is 3.82. The van der Waals surface area contributed by atoms with Crippen molar-refractivity contribution in [3.63, 3.8) is 0 Å². The standard InChI is InChI=1S/C21H23N7/c22-19-26-20(23)28(21(27-19)11-4-1-5-12-21)15-8-6-7-14(13-15)18-24-16-9-2-3-10-17(16)25-18/h2-3,6-10,13H,1,4-5,11-12H2,(H,24,25)(H4,22,23,26,27). The molecule has 2 aromatic carbocycles. The van der Waals surface area contributed by atoms with Crippen molar-refractivity contribution in [2.75, 3.05) is 4.90 Å². The van der Waals surface area contributed by atoms with Crippen molar-refractivity contribution in [2.24, 2.45) is 21.5 Å². The van der Waals surface area contributed by atoms with Crippen LogP contribution in [0.5, 0.6) is 0 Å². The third kappa shape index (κ3) is 2.70. The molecule has 5 rings (SSSR count). The number of nitrogens with two attached hydrogens (primary N) is 2. The van der Waals surface area contributed by atoms with Crippen molar-refractivity contribution >= 4 is 28.6 Å². The van der Waals surface area contributed by atoms with Gasteiger partial charge in [-0.25, -0.2) is 9.98 Å². The maximum absolute atomic E-state index is 6.35. The van der Waals surface area contributed by atoms with Crippen molar-refractivity contribution < 1.29 is 0 Å². The summed E-state index contributed by atoms with van der Waals surface area (Å²) in [7, 11) is 0. The van der Waals surface area contributed by atoms with Gasteiger partial charge in [0.25, 0.3) is 0 Å². The number of para-hydroxylation sites is 2. The van der Waals surface area contributed by atoms with Gasteiger partial charge in [0.2, 0.25) is 11.9 Å². The highest BCUT2D eigenvalue weighted by molar-refractivity contribution is 6.05. The van der Waals surface area contributed by atoms with Gasteiger partial charge in [-0.1, -0.05) is 30.7 Å². The lowest BCUT2D eigenvalue weighted by Crippen LogP contribution is -2.58. The molecular weight excluding hydrogens is 350 g/mol. The summed E-state index contributed by atoms with van der Waals surface area (Å²) in [5.41, 5.74) is 15.8. The zero-order valence-electron chi connectivity index (χ0n) is 15.6. The largest absolute Gasteiger partial charge is 0.369 e. The van der Waals surface area contributed by atoms with Crippen LogP contribution < -0.4 is 16.4 Å². The molecule has 0 radical (unpaired) electrons. The predicted octanol–water partition coefficient (Wildman–Crippen LogP) is 3.34. The lowest BCUT2D eigenvalue weighted by molar-refractivity contribution is 0.305. The van der Waals surface area contributed by atoms with E-state index in [4.69, 9.17) is 21.4 Å². The van der Waals surface area contributed by atoms with E-state index in [9.17, 15) is 0 Å². The molecule has 1 fully saturated rings. The second kappa shape index (κ2) is 6.37. The highest BCUT2D eigenvalue weighted by atomic mass is 15.4. The van der Waals surface area contributed by atoms with Crippen molar-refractivity contribution in [3.05, 3.63) is 48.5 Å². The van der Waals surface area contributed by atoms with Crippen molar-refractivity contribution in [3.8, 4) is 11.4 Å². The first kappa shape index (κ1) is 16.8. The molecule has 1 saturated carbocycles. The predicted molar refractivity (Wildman–Crippen MR) is 113 cm³/mol. The first-order chi connectivity index (χ1) is 13.6. The summed E-state index contributed by atoms with van der Waals surface area (Å²) in [4.78, 5) is 19.2. The molecule has 5 N–H and O–H groups in total. The maximum atomic E-state index is 6.35. The average molecular weight is 373 g/mol. The van der Waals surface area contributed by atoms with Gasteiger partial charge in [-0.15, -0.1) is 0 Å². The fourth-order valence-electron chi connectivity index (χ4n) is 4.38. The number of guanidine groups is 2. The van der Waals surface area contributed by atoms with E-state index >= 15 is 0 Å². The van der Waals surface area contributed by atoms with E-state index in [0.717, 1.165) is 53.8 Å². The minimum Gasteiger partial charge on any atom is -0.369 e. The van der Waals surface area contributed by atoms with Gasteiger partial charge in [-0.2, -0.15) is 4.99 Å². The van der Waals surface area contributed by atoms with Gasteiger partial charge in [0.15, 0.2) is 0 Å². The van der Waals surface area contributed by atoms with Crippen LogP contribution in [0, 0.1) is 0 Å². The second-order valence-electron chi connectivity index (χ2n) is 7.47. The van der Waals surface area contributed by atoms with Crippen LogP contribution in [0.1, 0.15) is 32.1 Å². The van der Waals surface area contributed by atoms with E-state index in [0.29, 0.717) is 5.96 Å². The summed E-state index contributed by atoms with van der Waals surface area (Å²) in [6, 6.07) is 16.2. The Hall–Kier alpha value is -3.35. The topological polar surface area (TPSA) is 109 Å². The smallest absolute Gasteiger partial charge is 0.220 e. The lowest BCUT2D eigenvalue weighted by Gasteiger charge is -2.45. The Bertz CT molecular complexity index is 1060. The molecule has 1 aromatic heterocycles. The quantitative estimate of drug-likeness (QED) is 0.640. The van der Waals surface area contributed by atoms with Gasteiger partial charge in [-0.05, 0) is 49.9 Å². The summed E-state index contributed by atoms with van der Waals surface area (Å²) in [6.07, 6.45) is 5.24. The number of aromatic nitrogens is 2. The number of hydrogen-bond acceptors (Lipinski definition) is 6. The van der Waals surface area contributed by atoms with Gasteiger partial charge in [0.05, 0.1) is 11.0 Å². The average Bonchev–Trinajstić information content (AvgIpc) is 3.12. The molecule has 1 aliphatic heterocycles. The number of aliphatic imine (C=N–C) groups is 2. The van der Waals surface area contributed by atoms with E-state index in [1.54, 1.807) is 0 Å². The molecular formula is C21H23N7. The van der Waals surface area contributed by atoms with E-state index < -0.39 is 5.66 Å². The zero-order valence-corrected chi connectivity index (χ0v) is 15.6. The van der Waals surface area contributed by atoms with Crippen molar-refractivity contribution in [1.82, 2.24) is 9.97 Å². The number of hydrogen-bond donors (Lipinski definition) is 3. The first-order valence-corrected chi connectivity index (χ1v) is 9.70. The second-order valence-corrected chi connectivity index (χ2v) is 7.47. The highest BCUT2D eigenvalue weighted by Crippen LogP contribution is 2.40. The molecule has 3 aromatic rings. The van der Waals surface area contributed by atoms with Crippen molar-refractivity contribution in [2.45, 2.75) is 37.8 Å². The number of benzene rings is 2. The van der Waals surface area contributed by atoms with Gasteiger partial charge in [0, 0.05) is 11.3 Å². The molecule has 2 aliphatic rings. The number of fused-ring (bicyclic) bond motifs is 1. The van der Waals surface area contributed by atoms with E-state index in [1.807, 2.05) is 42.5 Å². The van der Waals surface area contributed by atoms with Crippen LogP contribution in [0.3, 0.4) is 0 Å². The van der Waals surface area contributed by atoms with E-state index in [1.165, 1.54) is 6.42 Å². The summed E-state index contributed by atoms with van der Waals surface area (Å²) in [6.45, 7) is 0. The van der Waals surface area contributed by atoms with Crippen LogP contribution in [-0.4, -0.2) is 27.5 Å². The molecule has 7 heteroatoms. The summed E-state index contributed by atoms with van der Waals surface area (Å²) in [5, 5.41) is 0. The summed E-state index contributed by atoms with van der Waals surface area (Å²) in [5.74, 6) is 1.50. The third-order valence-electron chi connectivity index (χ3n) is 5.62. The molecule has 0 atom stereocenters. The van der Waals surface area contributed by atoms with Crippen LogP contribution >= 0.6 is 0 Å². The Balaban J connectivity index is 1.59. The molecule has 0 unspecified atom stereocenters. The number of nitrogens with zero attached hydrogens (tertiary/aromatic N) is 4. The first-order valence-electron chi connectivity index (χ1n) is 9.70. The Morgan fingerprint density at radius 3 is 2.61 bits per heavy atom. The van der Waals surface area contributed by atoms with Crippen LogP contribution in [-0.2, 0) is 0 Å².